The summed E-state index contributed by atoms with van der Waals surface area (Å²) in [6.07, 6.45) is 0.0301. The third-order valence-corrected chi connectivity index (χ3v) is 3.02. The highest BCUT2D eigenvalue weighted by Crippen LogP contribution is 2.21. The summed E-state index contributed by atoms with van der Waals surface area (Å²) >= 11 is 0. The van der Waals surface area contributed by atoms with Gasteiger partial charge in [0.05, 0.1) is 12.0 Å². The molecule has 0 spiro atoms. The van der Waals surface area contributed by atoms with E-state index in [9.17, 15) is 9.59 Å². The van der Waals surface area contributed by atoms with Crippen LogP contribution in [0.3, 0.4) is 0 Å². The van der Waals surface area contributed by atoms with Crippen molar-refractivity contribution in [3.63, 3.8) is 0 Å². The number of likely N-dealkylation sites (N-methyl/N-ethyl adjacent to an activating group) is 1. The molecule has 0 aliphatic heterocycles. The highest BCUT2D eigenvalue weighted by atomic mass is 16.4. The van der Waals surface area contributed by atoms with E-state index in [1.165, 1.54) is 0 Å². The molecule has 0 atom stereocenters. The molecule has 0 aliphatic rings. The van der Waals surface area contributed by atoms with E-state index in [2.05, 4.69) is 5.32 Å². The second kappa shape index (κ2) is 5.14. The van der Waals surface area contributed by atoms with Gasteiger partial charge in [-0.15, -0.1) is 0 Å². The molecule has 1 aromatic heterocycles. The van der Waals surface area contributed by atoms with Crippen molar-refractivity contribution in [3.05, 3.63) is 39.7 Å². The van der Waals surface area contributed by atoms with Gasteiger partial charge in [-0.25, -0.2) is 4.79 Å². The third kappa shape index (κ3) is 2.59. The quantitative estimate of drug-likeness (QED) is 0.644. The lowest BCUT2D eigenvalue weighted by atomic mass is 10.0. The number of benzene rings is 1. The van der Waals surface area contributed by atoms with Gasteiger partial charge in [-0.05, 0) is 31.5 Å². The standard InChI is InChI=1S/C14H16N2O3/c1-3-16-13(17)7-11-8(2)10-5-4-9(15)6-12(10)19-14(11)18/h4-6H,3,7,15H2,1-2H3,(H,16,17). The van der Waals surface area contributed by atoms with Gasteiger partial charge in [-0.1, -0.05) is 0 Å². The fourth-order valence-electron chi connectivity index (χ4n) is 2.04. The molecule has 0 bridgehead atoms. The van der Waals surface area contributed by atoms with Crippen LogP contribution in [0.1, 0.15) is 18.1 Å². The van der Waals surface area contributed by atoms with Gasteiger partial charge < -0.3 is 15.5 Å². The number of hydrogen-bond acceptors (Lipinski definition) is 4. The lowest BCUT2D eigenvalue weighted by Gasteiger charge is -2.08. The summed E-state index contributed by atoms with van der Waals surface area (Å²) in [5, 5.41) is 3.47. The van der Waals surface area contributed by atoms with Crippen LogP contribution in [-0.2, 0) is 11.2 Å². The predicted molar refractivity (Wildman–Crippen MR) is 74.0 cm³/mol. The van der Waals surface area contributed by atoms with Crippen molar-refractivity contribution in [3.8, 4) is 0 Å². The van der Waals surface area contributed by atoms with E-state index in [1.807, 2.05) is 13.8 Å². The highest BCUT2D eigenvalue weighted by Gasteiger charge is 2.14. The van der Waals surface area contributed by atoms with E-state index in [4.69, 9.17) is 10.2 Å². The summed E-state index contributed by atoms with van der Waals surface area (Å²) in [4.78, 5) is 23.5. The molecule has 1 amide bonds. The number of hydrogen-bond donors (Lipinski definition) is 2. The third-order valence-electron chi connectivity index (χ3n) is 3.02. The van der Waals surface area contributed by atoms with Crippen LogP contribution in [0, 0.1) is 6.92 Å². The first-order valence-electron chi connectivity index (χ1n) is 6.11. The van der Waals surface area contributed by atoms with Crippen LogP contribution in [0.4, 0.5) is 5.69 Å². The van der Waals surface area contributed by atoms with Gasteiger partial charge in [0.1, 0.15) is 5.58 Å². The average Bonchev–Trinajstić information content (AvgIpc) is 2.34. The topological polar surface area (TPSA) is 85.3 Å². The van der Waals surface area contributed by atoms with Crippen LogP contribution < -0.4 is 16.7 Å². The summed E-state index contributed by atoms with van der Waals surface area (Å²) in [7, 11) is 0. The van der Waals surface area contributed by atoms with E-state index in [0.29, 0.717) is 23.4 Å². The number of anilines is 1. The molecular formula is C14H16N2O3. The maximum atomic E-state index is 11.9. The van der Waals surface area contributed by atoms with Gasteiger partial charge in [0.15, 0.2) is 0 Å². The number of nitrogens with one attached hydrogen (secondary N) is 1. The monoisotopic (exact) mass is 260 g/mol. The summed E-state index contributed by atoms with van der Waals surface area (Å²) in [6, 6.07) is 5.15. The van der Waals surface area contributed by atoms with E-state index >= 15 is 0 Å². The molecule has 0 saturated heterocycles. The molecule has 5 nitrogen and oxygen atoms in total. The van der Waals surface area contributed by atoms with Crippen molar-refractivity contribution in [2.24, 2.45) is 0 Å². The number of amides is 1. The average molecular weight is 260 g/mol. The largest absolute Gasteiger partial charge is 0.422 e. The number of carbonyl (C=O) groups is 1. The Hall–Kier alpha value is -2.30. The van der Waals surface area contributed by atoms with E-state index in [-0.39, 0.29) is 12.3 Å². The molecule has 5 heteroatoms. The van der Waals surface area contributed by atoms with Gasteiger partial charge in [0, 0.05) is 23.7 Å². The van der Waals surface area contributed by atoms with Crippen LogP contribution in [-0.4, -0.2) is 12.5 Å². The Morgan fingerprint density at radius 1 is 1.42 bits per heavy atom. The molecule has 0 aliphatic carbocycles. The first-order valence-corrected chi connectivity index (χ1v) is 6.11. The molecule has 1 heterocycles. The number of rotatable bonds is 3. The maximum absolute atomic E-state index is 11.9. The van der Waals surface area contributed by atoms with Crippen molar-refractivity contribution >= 4 is 22.6 Å². The minimum atomic E-state index is -0.484. The normalized spacial score (nSPS) is 10.6. The Labute approximate surface area is 110 Å². The minimum Gasteiger partial charge on any atom is -0.422 e. The van der Waals surface area contributed by atoms with Gasteiger partial charge in [-0.3, -0.25) is 4.79 Å². The summed E-state index contributed by atoms with van der Waals surface area (Å²) < 4.78 is 5.22. The Kier molecular flexibility index (Phi) is 3.55. The molecule has 0 radical (unpaired) electrons. The van der Waals surface area contributed by atoms with Crippen LogP contribution in [0.25, 0.3) is 11.0 Å². The van der Waals surface area contributed by atoms with Crippen molar-refractivity contribution < 1.29 is 9.21 Å². The fourth-order valence-corrected chi connectivity index (χ4v) is 2.04. The van der Waals surface area contributed by atoms with Gasteiger partial charge in [-0.2, -0.15) is 0 Å². The lowest BCUT2D eigenvalue weighted by molar-refractivity contribution is -0.120. The molecule has 2 rings (SSSR count). The van der Waals surface area contributed by atoms with Crippen molar-refractivity contribution in [2.45, 2.75) is 20.3 Å². The molecular weight excluding hydrogens is 244 g/mol. The predicted octanol–water partition coefficient (Wildman–Crippen LogP) is 1.36. The van der Waals surface area contributed by atoms with Crippen molar-refractivity contribution in [1.82, 2.24) is 5.32 Å². The first-order chi connectivity index (χ1) is 9.02. The zero-order valence-corrected chi connectivity index (χ0v) is 10.9. The smallest absolute Gasteiger partial charge is 0.340 e. The Balaban J connectivity index is 2.53. The molecule has 0 fully saturated rings. The first kappa shape index (κ1) is 13.1. The summed E-state index contributed by atoms with van der Waals surface area (Å²) in [6.45, 7) is 4.17. The molecule has 0 unspecified atom stereocenters. The summed E-state index contributed by atoms with van der Waals surface area (Å²) in [5.74, 6) is -0.187. The molecule has 3 N–H and O–H groups in total. The van der Waals surface area contributed by atoms with Crippen molar-refractivity contribution in [2.75, 3.05) is 12.3 Å². The Morgan fingerprint density at radius 3 is 2.84 bits per heavy atom. The second-order valence-electron chi connectivity index (χ2n) is 4.38. The molecule has 0 saturated carbocycles. The maximum Gasteiger partial charge on any atom is 0.340 e. The number of fused-ring (bicyclic) bond motifs is 1. The highest BCUT2D eigenvalue weighted by molar-refractivity contribution is 5.86. The fraction of sp³-hybridized carbons (Fsp3) is 0.286. The zero-order chi connectivity index (χ0) is 14.0. The second-order valence-corrected chi connectivity index (χ2v) is 4.38. The minimum absolute atomic E-state index is 0.0301. The van der Waals surface area contributed by atoms with E-state index < -0.39 is 5.63 Å². The van der Waals surface area contributed by atoms with Gasteiger partial charge in [0.2, 0.25) is 5.91 Å². The molecule has 1 aromatic carbocycles. The Bertz CT molecular complexity index is 689. The Morgan fingerprint density at radius 2 is 2.16 bits per heavy atom. The number of nitrogen functional groups attached to an aromatic ring is 1. The molecule has 19 heavy (non-hydrogen) atoms. The molecule has 100 valence electrons. The van der Waals surface area contributed by atoms with Crippen LogP contribution >= 0.6 is 0 Å². The van der Waals surface area contributed by atoms with Crippen LogP contribution in [0.5, 0.6) is 0 Å². The van der Waals surface area contributed by atoms with Crippen molar-refractivity contribution in [1.29, 1.82) is 0 Å². The number of nitrogens with two attached hydrogens (primary N) is 1. The van der Waals surface area contributed by atoms with E-state index in [0.717, 1.165) is 10.9 Å². The number of aryl methyl sites for hydroxylation is 1. The van der Waals surface area contributed by atoms with E-state index in [1.54, 1.807) is 18.2 Å². The van der Waals surface area contributed by atoms with Gasteiger partial charge in [0.25, 0.3) is 0 Å². The lowest BCUT2D eigenvalue weighted by Crippen LogP contribution is -2.27. The van der Waals surface area contributed by atoms with Gasteiger partial charge >= 0.3 is 5.63 Å². The van der Waals surface area contributed by atoms with Crippen LogP contribution in [0.15, 0.2) is 27.4 Å². The molecule has 2 aromatic rings. The number of carbonyl (C=O) groups excluding carboxylic acids is 1. The zero-order valence-electron chi connectivity index (χ0n) is 10.9. The summed E-state index contributed by atoms with van der Waals surface area (Å²) in [5.41, 5.74) is 7.31. The van der Waals surface area contributed by atoms with Crippen LogP contribution in [0.2, 0.25) is 0 Å². The SMILES string of the molecule is CCNC(=O)Cc1c(C)c2ccc(N)cc2oc1=O.